The molecule has 0 saturated carbocycles. The van der Waals surface area contributed by atoms with Gasteiger partial charge in [-0.05, 0) is 71.6 Å². The van der Waals surface area contributed by atoms with Crippen LogP contribution in [0.4, 0.5) is 0 Å². The molecule has 4 heteroatoms. The number of carbonyl (C=O) groups is 1. The van der Waals surface area contributed by atoms with Crippen molar-refractivity contribution < 1.29 is 4.79 Å². The number of aryl methyl sites for hydroxylation is 2. The number of carbonyl (C=O) groups excluding carboxylic acids is 1. The highest BCUT2D eigenvalue weighted by Gasteiger charge is 2.16. The van der Waals surface area contributed by atoms with E-state index in [1.807, 2.05) is 40.1 Å². The molecule has 2 rings (SSSR count). The summed E-state index contributed by atoms with van der Waals surface area (Å²) in [5, 5.41) is 3.02. The predicted molar refractivity (Wildman–Crippen MR) is 95.5 cm³/mol. The van der Waals surface area contributed by atoms with Gasteiger partial charge in [0.15, 0.2) is 0 Å². The van der Waals surface area contributed by atoms with Crippen LogP contribution in [0.1, 0.15) is 33.7 Å². The van der Waals surface area contributed by atoms with Crippen molar-refractivity contribution in [3.05, 3.63) is 52.8 Å². The Morgan fingerprint density at radius 2 is 1.91 bits per heavy atom. The third kappa shape index (κ3) is 4.23. The van der Waals surface area contributed by atoms with Gasteiger partial charge in [0.25, 0.3) is 5.91 Å². The fourth-order valence-corrected chi connectivity index (χ4v) is 2.85. The maximum absolute atomic E-state index is 12.4. The molecule has 0 spiro atoms. The summed E-state index contributed by atoms with van der Waals surface area (Å²) in [6, 6.07) is 10.3. The molecule has 0 fully saturated rings. The minimum absolute atomic E-state index is 0.00996. The van der Waals surface area contributed by atoms with E-state index >= 15 is 0 Å². The highest BCUT2D eigenvalue weighted by Crippen LogP contribution is 2.21. The zero-order chi connectivity index (χ0) is 17.0. The molecule has 2 aromatic rings. The Hall–Kier alpha value is -2.07. The van der Waals surface area contributed by atoms with Crippen LogP contribution >= 0.6 is 0 Å². The van der Waals surface area contributed by atoms with Crippen molar-refractivity contribution >= 4 is 5.91 Å². The third-order valence-electron chi connectivity index (χ3n) is 4.00. The quantitative estimate of drug-likeness (QED) is 0.832. The molecular weight excluding hydrogens is 286 g/mol. The maximum atomic E-state index is 12.4. The molecule has 0 atom stereocenters. The highest BCUT2D eigenvalue weighted by atomic mass is 16.1. The average Bonchev–Trinajstić information content (AvgIpc) is 2.78. The number of aromatic nitrogens is 1. The van der Waals surface area contributed by atoms with Gasteiger partial charge in [-0.25, -0.2) is 0 Å². The standard InChI is InChI=1S/C19H27N3O/c1-14-8-6-9-17(12-14)22-15(2)13-18(16(22)3)19(23)20-10-7-11-21(4)5/h6,8-9,12-13H,7,10-11H2,1-5H3,(H,20,23). The summed E-state index contributed by atoms with van der Waals surface area (Å²) in [4.78, 5) is 14.6. The molecule has 1 aromatic carbocycles. The van der Waals surface area contributed by atoms with Crippen LogP contribution in [0.25, 0.3) is 5.69 Å². The van der Waals surface area contributed by atoms with Crippen molar-refractivity contribution in [2.24, 2.45) is 0 Å². The van der Waals surface area contributed by atoms with E-state index in [1.165, 1.54) is 5.56 Å². The van der Waals surface area contributed by atoms with Crippen LogP contribution in [0, 0.1) is 20.8 Å². The summed E-state index contributed by atoms with van der Waals surface area (Å²) < 4.78 is 2.14. The Labute approximate surface area is 139 Å². The largest absolute Gasteiger partial charge is 0.352 e. The first-order valence-electron chi connectivity index (χ1n) is 8.09. The number of hydrogen-bond donors (Lipinski definition) is 1. The van der Waals surface area contributed by atoms with Gasteiger partial charge in [0.2, 0.25) is 0 Å². The molecule has 4 nitrogen and oxygen atoms in total. The van der Waals surface area contributed by atoms with Gasteiger partial charge in [-0.15, -0.1) is 0 Å². The number of nitrogens with zero attached hydrogens (tertiary/aromatic N) is 2. The van der Waals surface area contributed by atoms with Crippen molar-refractivity contribution in [1.82, 2.24) is 14.8 Å². The second kappa shape index (κ2) is 7.47. The lowest BCUT2D eigenvalue weighted by Gasteiger charge is -2.11. The smallest absolute Gasteiger partial charge is 0.253 e. The minimum atomic E-state index is 0.00996. The monoisotopic (exact) mass is 313 g/mol. The number of rotatable bonds is 6. The lowest BCUT2D eigenvalue weighted by atomic mass is 10.2. The number of benzene rings is 1. The van der Waals surface area contributed by atoms with Gasteiger partial charge in [-0.1, -0.05) is 12.1 Å². The van der Waals surface area contributed by atoms with E-state index in [1.54, 1.807) is 0 Å². The van der Waals surface area contributed by atoms with Crippen molar-refractivity contribution in [1.29, 1.82) is 0 Å². The first-order chi connectivity index (χ1) is 10.9. The van der Waals surface area contributed by atoms with Crippen molar-refractivity contribution in [3.8, 4) is 5.69 Å². The minimum Gasteiger partial charge on any atom is -0.352 e. The Bertz CT molecular complexity index is 686. The van der Waals surface area contributed by atoms with Crippen LogP contribution in [0.15, 0.2) is 30.3 Å². The summed E-state index contributed by atoms with van der Waals surface area (Å²) in [7, 11) is 4.08. The van der Waals surface area contributed by atoms with Crippen LogP contribution in [0.5, 0.6) is 0 Å². The zero-order valence-corrected chi connectivity index (χ0v) is 14.8. The Kier molecular flexibility index (Phi) is 5.61. The molecule has 0 aliphatic rings. The van der Waals surface area contributed by atoms with Gasteiger partial charge in [-0.3, -0.25) is 4.79 Å². The molecular formula is C19H27N3O. The second-order valence-electron chi connectivity index (χ2n) is 6.37. The lowest BCUT2D eigenvalue weighted by Crippen LogP contribution is -2.27. The summed E-state index contributed by atoms with van der Waals surface area (Å²) in [5.74, 6) is 0.00996. The van der Waals surface area contributed by atoms with Gasteiger partial charge in [0.1, 0.15) is 0 Å². The number of amides is 1. The number of hydrogen-bond acceptors (Lipinski definition) is 2. The summed E-state index contributed by atoms with van der Waals surface area (Å²) in [5.41, 5.74) is 5.13. The molecule has 23 heavy (non-hydrogen) atoms. The fraction of sp³-hybridized carbons (Fsp3) is 0.421. The predicted octanol–water partition coefficient (Wildman–Crippen LogP) is 3.08. The summed E-state index contributed by atoms with van der Waals surface area (Å²) in [6.45, 7) is 7.80. The van der Waals surface area contributed by atoms with Crippen molar-refractivity contribution in [3.63, 3.8) is 0 Å². The molecule has 0 aliphatic carbocycles. The fourth-order valence-electron chi connectivity index (χ4n) is 2.85. The molecule has 1 heterocycles. The molecule has 0 bridgehead atoms. The van der Waals surface area contributed by atoms with E-state index in [-0.39, 0.29) is 5.91 Å². The Morgan fingerprint density at radius 3 is 2.57 bits per heavy atom. The van der Waals surface area contributed by atoms with E-state index in [2.05, 4.69) is 39.9 Å². The first kappa shape index (κ1) is 17.3. The van der Waals surface area contributed by atoms with E-state index in [9.17, 15) is 4.79 Å². The van der Waals surface area contributed by atoms with Crippen LogP contribution < -0.4 is 5.32 Å². The molecule has 0 radical (unpaired) electrons. The molecule has 0 unspecified atom stereocenters. The Balaban J connectivity index is 2.16. The lowest BCUT2D eigenvalue weighted by molar-refractivity contribution is 0.0951. The van der Waals surface area contributed by atoms with E-state index in [0.29, 0.717) is 6.54 Å². The van der Waals surface area contributed by atoms with Gasteiger partial charge >= 0.3 is 0 Å². The second-order valence-corrected chi connectivity index (χ2v) is 6.37. The Morgan fingerprint density at radius 1 is 1.17 bits per heavy atom. The topological polar surface area (TPSA) is 37.3 Å². The molecule has 1 aromatic heterocycles. The first-order valence-corrected chi connectivity index (χ1v) is 8.09. The summed E-state index contributed by atoms with van der Waals surface area (Å²) in [6.07, 6.45) is 0.954. The maximum Gasteiger partial charge on any atom is 0.253 e. The molecule has 0 saturated heterocycles. The van der Waals surface area contributed by atoms with E-state index in [0.717, 1.165) is 35.6 Å². The van der Waals surface area contributed by atoms with Crippen LogP contribution in [0.2, 0.25) is 0 Å². The van der Waals surface area contributed by atoms with Crippen LogP contribution in [-0.2, 0) is 0 Å². The molecule has 124 valence electrons. The highest BCUT2D eigenvalue weighted by molar-refractivity contribution is 5.95. The molecule has 1 amide bonds. The van der Waals surface area contributed by atoms with Gasteiger partial charge in [0.05, 0.1) is 5.56 Å². The van der Waals surface area contributed by atoms with Crippen LogP contribution in [0.3, 0.4) is 0 Å². The summed E-state index contributed by atoms with van der Waals surface area (Å²) >= 11 is 0. The van der Waals surface area contributed by atoms with Gasteiger partial charge in [-0.2, -0.15) is 0 Å². The van der Waals surface area contributed by atoms with E-state index < -0.39 is 0 Å². The average molecular weight is 313 g/mol. The van der Waals surface area contributed by atoms with Crippen LogP contribution in [-0.4, -0.2) is 42.6 Å². The molecule has 0 aliphatic heterocycles. The SMILES string of the molecule is Cc1cccc(-n2c(C)cc(C(=O)NCCCN(C)C)c2C)c1. The van der Waals surface area contributed by atoms with Gasteiger partial charge < -0.3 is 14.8 Å². The van der Waals surface area contributed by atoms with E-state index in [4.69, 9.17) is 0 Å². The zero-order valence-electron chi connectivity index (χ0n) is 14.8. The normalized spacial score (nSPS) is 11.0. The van der Waals surface area contributed by atoms with Crippen molar-refractivity contribution in [2.45, 2.75) is 27.2 Å². The molecule has 1 N–H and O–H groups in total. The van der Waals surface area contributed by atoms with Crippen molar-refractivity contribution in [2.75, 3.05) is 27.2 Å². The third-order valence-corrected chi connectivity index (χ3v) is 4.00. The number of nitrogens with one attached hydrogen (secondary N) is 1. The van der Waals surface area contributed by atoms with Gasteiger partial charge in [0, 0.05) is 23.6 Å².